The van der Waals surface area contributed by atoms with Crippen molar-refractivity contribution in [3.8, 4) is 0 Å². The fourth-order valence-electron chi connectivity index (χ4n) is 2.33. The van der Waals surface area contributed by atoms with E-state index >= 15 is 0 Å². The predicted molar refractivity (Wildman–Crippen MR) is 86.8 cm³/mol. The van der Waals surface area contributed by atoms with Gasteiger partial charge < -0.3 is 0 Å². The van der Waals surface area contributed by atoms with Gasteiger partial charge in [-0.2, -0.15) is 0 Å². The summed E-state index contributed by atoms with van der Waals surface area (Å²) in [6.07, 6.45) is 3.40. The molecule has 0 amide bonds. The Balaban J connectivity index is 2.11. The van der Waals surface area contributed by atoms with Gasteiger partial charge >= 0.3 is 0 Å². The first-order chi connectivity index (χ1) is 9.61. The Labute approximate surface area is 125 Å². The maximum Gasteiger partial charge on any atom is 0.164 e. The minimum absolute atomic E-state index is 0.232. The minimum Gasteiger partial charge on any atom is -0.294 e. The van der Waals surface area contributed by atoms with Gasteiger partial charge in [0.05, 0.1) is 0 Å². The van der Waals surface area contributed by atoms with Crippen molar-refractivity contribution in [3.63, 3.8) is 0 Å². The van der Waals surface area contributed by atoms with E-state index in [0.29, 0.717) is 6.42 Å². The van der Waals surface area contributed by atoms with E-state index in [-0.39, 0.29) is 5.78 Å². The Hall–Kier alpha value is -1.54. The van der Waals surface area contributed by atoms with E-state index in [1.165, 1.54) is 16.7 Å². The lowest BCUT2D eigenvalue weighted by Gasteiger charge is -2.08. The molecule has 0 saturated heterocycles. The molecule has 2 rings (SSSR count). The van der Waals surface area contributed by atoms with Crippen molar-refractivity contribution in [2.75, 3.05) is 6.26 Å². The number of hydrogen-bond donors (Lipinski definition) is 0. The van der Waals surface area contributed by atoms with E-state index in [4.69, 9.17) is 0 Å². The number of hydrogen-bond acceptors (Lipinski definition) is 2. The molecule has 0 unspecified atom stereocenters. The molecule has 0 aliphatic heterocycles. The summed E-state index contributed by atoms with van der Waals surface area (Å²) in [6, 6.07) is 14.3. The summed E-state index contributed by atoms with van der Waals surface area (Å²) in [6.45, 7) is 4.20. The van der Waals surface area contributed by atoms with Crippen molar-refractivity contribution >= 4 is 17.5 Å². The smallest absolute Gasteiger partial charge is 0.164 e. The summed E-state index contributed by atoms with van der Waals surface area (Å²) in [5.74, 6) is 0.232. The van der Waals surface area contributed by atoms with Crippen LogP contribution >= 0.6 is 11.8 Å². The quantitative estimate of drug-likeness (QED) is 0.577. The summed E-state index contributed by atoms with van der Waals surface area (Å²) < 4.78 is 0. The van der Waals surface area contributed by atoms with Crippen LogP contribution in [0.5, 0.6) is 0 Å². The van der Waals surface area contributed by atoms with Crippen LogP contribution in [0.15, 0.2) is 47.4 Å². The van der Waals surface area contributed by atoms with Crippen LogP contribution in [-0.2, 0) is 6.42 Å². The summed E-state index contributed by atoms with van der Waals surface area (Å²) >= 11 is 1.63. The van der Waals surface area contributed by atoms with Gasteiger partial charge in [0.15, 0.2) is 5.78 Å². The molecule has 2 aromatic carbocycles. The maximum absolute atomic E-state index is 12.4. The number of Topliss-reactive ketones (excluding diaryl/α,β-unsaturated/α-hetero) is 1. The molecular weight excluding hydrogens is 264 g/mol. The second kappa shape index (κ2) is 6.76. The Morgan fingerprint density at radius 3 is 2.60 bits per heavy atom. The topological polar surface area (TPSA) is 17.1 Å². The Morgan fingerprint density at radius 2 is 1.85 bits per heavy atom. The highest BCUT2D eigenvalue weighted by Gasteiger charge is 2.11. The monoisotopic (exact) mass is 284 g/mol. The van der Waals surface area contributed by atoms with Crippen molar-refractivity contribution in [1.82, 2.24) is 0 Å². The first-order valence-electron chi connectivity index (χ1n) is 6.84. The molecule has 104 valence electrons. The van der Waals surface area contributed by atoms with Crippen LogP contribution in [0.25, 0.3) is 0 Å². The van der Waals surface area contributed by atoms with Crippen molar-refractivity contribution in [2.45, 2.75) is 31.6 Å². The van der Waals surface area contributed by atoms with Gasteiger partial charge in [0.1, 0.15) is 0 Å². The number of thioether (sulfide) groups is 1. The molecule has 0 fully saturated rings. The molecule has 0 aliphatic rings. The van der Waals surface area contributed by atoms with E-state index in [2.05, 4.69) is 32.0 Å². The largest absolute Gasteiger partial charge is 0.294 e. The van der Waals surface area contributed by atoms with E-state index in [1.807, 2.05) is 30.5 Å². The fourth-order valence-corrected chi connectivity index (χ4v) is 2.94. The summed E-state index contributed by atoms with van der Waals surface area (Å²) in [5.41, 5.74) is 4.65. The van der Waals surface area contributed by atoms with Gasteiger partial charge in [-0.1, -0.05) is 42.0 Å². The molecule has 0 N–H and O–H groups in total. The number of benzene rings is 2. The molecular formula is C18H20OS. The molecule has 0 atom stereocenters. The number of ketones is 1. The number of carbonyl (C=O) groups is 1. The lowest BCUT2D eigenvalue weighted by molar-refractivity contribution is 0.0980. The Morgan fingerprint density at radius 1 is 1.10 bits per heavy atom. The highest BCUT2D eigenvalue weighted by atomic mass is 32.2. The third-order valence-electron chi connectivity index (χ3n) is 3.53. The normalized spacial score (nSPS) is 10.6. The fraction of sp³-hybridized carbons (Fsp3) is 0.278. The zero-order chi connectivity index (χ0) is 14.5. The first-order valence-corrected chi connectivity index (χ1v) is 8.06. The second-order valence-corrected chi connectivity index (χ2v) is 5.90. The van der Waals surface area contributed by atoms with Gasteiger partial charge in [-0.05, 0) is 43.7 Å². The first kappa shape index (κ1) is 14.9. The summed E-state index contributed by atoms with van der Waals surface area (Å²) in [5, 5.41) is 0. The van der Waals surface area contributed by atoms with Crippen molar-refractivity contribution in [3.05, 3.63) is 64.7 Å². The standard InChI is InChI=1S/C18H20OS/c1-13-8-9-14(2)15(12-13)10-11-17(19)16-6-4-5-7-18(16)20-3/h4-9,12H,10-11H2,1-3H3. The van der Waals surface area contributed by atoms with Crippen LogP contribution < -0.4 is 0 Å². The second-order valence-electron chi connectivity index (χ2n) is 5.05. The van der Waals surface area contributed by atoms with Crippen molar-refractivity contribution in [2.24, 2.45) is 0 Å². The van der Waals surface area contributed by atoms with E-state index < -0.39 is 0 Å². The average molecular weight is 284 g/mol. The van der Waals surface area contributed by atoms with Crippen LogP contribution in [0.1, 0.15) is 33.5 Å². The Bertz CT molecular complexity index is 617. The van der Waals surface area contributed by atoms with Crippen LogP contribution in [0, 0.1) is 13.8 Å². The Kier molecular flexibility index (Phi) is 5.02. The average Bonchev–Trinajstić information content (AvgIpc) is 2.47. The number of rotatable bonds is 5. The van der Waals surface area contributed by atoms with Gasteiger partial charge in [0.25, 0.3) is 0 Å². The van der Waals surface area contributed by atoms with E-state index in [1.54, 1.807) is 11.8 Å². The van der Waals surface area contributed by atoms with Crippen LogP contribution in [0.2, 0.25) is 0 Å². The molecule has 0 heterocycles. The van der Waals surface area contributed by atoms with Crippen molar-refractivity contribution in [1.29, 1.82) is 0 Å². The molecule has 0 radical (unpaired) electrons. The number of aryl methyl sites for hydroxylation is 3. The van der Waals surface area contributed by atoms with Gasteiger partial charge in [0.2, 0.25) is 0 Å². The zero-order valence-corrected chi connectivity index (χ0v) is 13.1. The molecule has 0 aliphatic carbocycles. The molecule has 0 spiro atoms. The van der Waals surface area contributed by atoms with Crippen LogP contribution in [0.4, 0.5) is 0 Å². The van der Waals surface area contributed by atoms with Crippen molar-refractivity contribution < 1.29 is 4.79 Å². The third kappa shape index (κ3) is 3.51. The maximum atomic E-state index is 12.4. The molecule has 20 heavy (non-hydrogen) atoms. The van der Waals surface area contributed by atoms with Crippen LogP contribution in [0.3, 0.4) is 0 Å². The third-order valence-corrected chi connectivity index (χ3v) is 4.33. The van der Waals surface area contributed by atoms with E-state index in [0.717, 1.165) is 16.9 Å². The minimum atomic E-state index is 0.232. The SMILES string of the molecule is CSc1ccccc1C(=O)CCc1cc(C)ccc1C. The summed E-state index contributed by atoms with van der Waals surface area (Å²) in [7, 11) is 0. The lowest BCUT2D eigenvalue weighted by atomic mass is 9.98. The molecule has 1 nitrogen and oxygen atoms in total. The predicted octanol–water partition coefficient (Wildman–Crippen LogP) is 4.84. The van der Waals surface area contributed by atoms with Gasteiger partial charge in [-0.3, -0.25) is 4.79 Å². The highest BCUT2D eigenvalue weighted by Crippen LogP contribution is 2.22. The summed E-state index contributed by atoms with van der Waals surface area (Å²) in [4.78, 5) is 13.4. The van der Waals surface area contributed by atoms with Gasteiger partial charge in [-0.15, -0.1) is 11.8 Å². The van der Waals surface area contributed by atoms with Gasteiger partial charge in [0, 0.05) is 16.9 Å². The molecule has 0 bridgehead atoms. The molecule has 2 aromatic rings. The van der Waals surface area contributed by atoms with E-state index in [9.17, 15) is 4.79 Å². The number of carbonyl (C=O) groups excluding carboxylic acids is 1. The van der Waals surface area contributed by atoms with Crippen LogP contribution in [-0.4, -0.2) is 12.0 Å². The highest BCUT2D eigenvalue weighted by molar-refractivity contribution is 7.98. The molecule has 0 aromatic heterocycles. The molecule has 2 heteroatoms. The molecule has 0 saturated carbocycles. The lowest BCUT2D eigenvalue weighted by Crippen LogP contribution is -2.03. The zero-order valence-electron chi connectivity index (χ0n) is 12.3. The van der Waals surface area contributed by atoms with Gasteiger partial charge in [-0.25, -0.2) is 0 Å².